The summed E-state index contributed by atoms with van der Waals surface area (Å²) in [6, 6.07) is 18.7. The molecule has 0 radical (unpaired) electrons. The van der Waals surface area contributed by atoms with Crippen LogP contribution in [0.4, 0.5) is 0 Å². The number of aliphatic carboxylic acids is 1. The molecule has 1 amide bonds. The third-order valence-corrected chi connectivity index (χ3v) is 10.00. The molecule has 8 heteroatoms. The number of benzene rings is 2. The maximum Gasteiger partial charge on any atom is 0.326 e. The number of nitrogens with zero attached hydrogens (tertiary/aromatic N) is 3. The van der Waals surface area contributed by atoms with Gasteiger partial charge in [-0.3, -0.25) is 4.79 Å². The van der Waals surface area contributed by atoms with E-state index in [4.69, 9.17) is 0 Å². The molecule has 0 aliphatic heterocycles. The van der Waals surface area contributed by atoms with Gasteiger partial charge in [0, 0.05) is 22.4 Å². The second kappa shape index (κ2) is 13.2. The minimum absolute atomic E-state index is 0.0742. The average molecular weight is 597 g/mol. The van der Waals surface area contributed by atoms with E-state index in [0.29, 0.717) is 16.6 Å². The number of rotatable bonds is 9. The number of hydrogen-bond donors (Lipinski definition) is 2. The summed E-state index contributed by atoms with van der Waals surface area (Å²) in [7, 11) is 0. The monoisotopic (exact) mass is 596 g/mol. The number of aromatic nitrogens is 3. The zero-order chi connectivity index (χ0) is 30.6. The third kappa shape index (κ3) is 7.54. The SMILES string of the molecule is CC[C@H]1CC[C@H](c2ccc(-c3cnc(-c4ccc(C[C@H](NC(=O)c5ccc(C(C)(C)C)s5)C(=O)O)cc4)nn3)cc2)CC1. The van der Waals surface area contributed by atoms with E-state index in [1.807, 2.05) is 30.3 Å². The summed E-state index contributed by atoms with van der Waals surface area (Å²) in [5, 5.41) is 21.2. The topological polar surface area (TPSA) is 105 Å². The van der Waals surface area contributed by atoms with Gasteiger partial charge in [0.1, 0.15) is 11.7 Å². The largest absolute Gasteiger partial charge is 0.480 e. The summed E-state index contributed by atoms with van der Waals surface area (Å²) in [6.07, 6.45) is 8.38. The Balaban J connectivity index is 1.19. The molecule has 4 aromatic rings. The summed E-state index contributed by atoms with van der Waals surface area (Å²) >= 11 is 1.39. The van der Waals surface area contributed by atoms with Crippen molar-refractivity contribution in [2.45, 2.75) is 83.6 Å². The molecule has 2 N–H and O–H groups in total. The van der Waals surface area contributed by atoms with Crippen LogP contribution in [0.3, 0.4) is 0 Å². The van der Waals surface area contributed by atoms with Crippen molar-refractivity contribution < 1.29 is 14.7 Å². The van der Waals surface area contributed by atoms with Crippen molar-refractivity contribution in [2.75, 3.05) is 0 Å². The standard InChI is InChI=1S/C35H40N4O3S/c1-5-22-6-10-24(11-7-22)25-14-16-26(17-15-25)29-21-36-32(39-38-29)27-12-8-23(9-13-27)20-28(34(41)42)37-33(40)30-18-19-31(43-30)35(2,3)4/h8-9,12-19,21-22,24,28H,5-7,10-11,20H2,1-4H3,(H,37,40)(H,41,42)/t22-,24-,28-/m0/s1. The molecule has 2 heterocycles. The lowest BCUT2D eigenvalue weighted by Crippen LogP contribution is -2.42. The highest BCUT2D eigenvalue weighted by molar-refractivity contribution is 7.14. The quantitative estimate of drug-likeness (QED) is 0.205. The van der Waals surface area contributed by atoms with Gasteiger partial charge in [0.2, 0.25) is 0 Å². The Morgan fingerprint density at radius 1 is 0.930 bits per heavy atom. The molecule has 2 aromatic carbocycles. The summed E-state index contributed by atoms with van der Waals surface area (Å²) in [5.41, 5.74) is 4.61. The molecule has 1 fully saturated rings. The van der Waals surface area contributed by atoms with Crippen LogP contribution in [0, 0.1) is 5.92 Å². The molecule has 0 saturated heterocycles. The van der Waals surface area contributed by atoms with Crippen molar-refractivity contribution in [3.8, 4) is 22.6 Å². The molecule has 1 saturated carbocycles. The Bertz CT molecular complexity index is 1530. The molecule has 1 aliphatic carbocycles. The van der Waals surface area contributed by atoms with Crippen LogP contribution in [0.25, 0.3) is 22.6 Å². The number of amides is 1. The fraction of sp³-hybridized carbons (Fsp3) is 0.400. The van der Waals surface area contributed by atoms with E-state index >= 15 is 0 Å². The van der Waals surface area contributed by atoms with Crippen LogP contribution in [0.2, 0.25) is 0 Å². The van der Waals surface area contributed by atoms with Gasteiger partial charge < -0.3 is 10.4 Å². The van der Waals surface area contributed by atoms with Crippen molar-refractivity contribution >= 4 is 23.2 Å². The predicted octanol–water partition coefficient (Wildman–Crippen LogP) is 7.67. The Labute approximate surface area is 257 Å². The predicted molar refractivity (Wildman–Crippen MR) is 171 cm³/mol. The number of thiophene rings is 1. The van der Waals surface area contributed by atoms with Gasteiger partial charge in [-0.2, -0.15) is 0 Å². The summed E-state index contributed by atoms with van der Waals surface area (Å²) < 4.78 is 0. The highest BCUT2D eigenvalue weighted by atomic mass is 32.1. The second-order valence-electron chi connectivity index (χ2n) is 12.6. The molecule has 7 nitrogen and oxygen atoms in total. The van der Waals surface area contributed by atoms with E-state index in [1.54, 1.807) is 12.3 Å². The number of carbonyl (C=O) groups is 2. The first kappa shape index (κ1) is 30.5. The highest BCUT2D eigenvalue weighted by Crippen LogP contribution is 2.37. The molecule has 224 valence electrons. The Morgan fingerprint density at radius 3 is 2.16 bits per heavy atom. The number of nitrogens with one attached hydrogen (secondary N) is 1. The first-order valence-electron chi connectivity index (χ1n) is 15.1. The fourth-order valence-electron chi connectivity index (χ4n) is 5.69. The van der Waals surface area contributed by atoms with E-state index in [2.05, 4.69) is 72.5 Å². The summed E-state index contributed by atoms with van der Waals surface area (Å²) in [6.45, 7) is 8.54. The molecular weight excluding hydrogens is 556 g/mol. The smallest absolute Gasteiger partial charge is 0.326 e. The van der Waals surface area contributed by atoms with E-state index in [9.17, 15) is 14.7 Å². The van der Waals surface area contributed by atoms with Gasteiger partial charge in [0.05, 0.1) is 11.1 Å². The highest BCUT2D eigenvalue weighted by Gasteiger charge is 2.24. The van der Waals surface area contributed by atoms with Gasteiger partial charge in [-0.25, -0.2) is 9.78 Å². The molecule has 5 rings (SSSR count). The van der Waals surface area contributed by atoms with Gasteiger partial charge in [-0.15, -0.1) is 21.5 Å². The zero-order valence-electron chi connectivity index (χ0n) is 25.3. The molecule has 1 aliphatic rings. The molecule has 43 heavy (non-hydrogen) atoms. The molecule has 0 unspecified atom stereocenters. The van der Waals surface area contributed by atoms with Gasteiger partial charge in [0.25, 0.3) is 5.91 Å². The zero-order valence-corrected chi connectivity index (χ0v) is 26.2. The van der Waals surface area contributed by atoms with Crippen LogP contribution in [-0.4, -0.2) is 38.2 Å². The van der Waals surface area contributed by atoms with Gasteiger partial charge in [-0.05, 0) is 66.2 Å². The molecule has 1 atom stereocenters. The first-order chi connectivity index (χ1) is 20.6. The van der Waals surface area contributed by atoms with Crippen LogP contribution in [-0.2, 0) is 16.6 Å². The molecule has 2 aromatic heterocycles. The normalized spacial score (nSPS) is 17.8. The number of carboxylic acids is 1. The fourth-order valence-corrected chi connectivity index (χ4v) is 6.65. The van der Waals surface area contributed by atoms with Crippen molar-refractivity contribution in [3.63, 3.8) is 0 Å². The molecule has 0 spiro atoms. The van der Waals surface area contributed by atoms with Crippen LogP contribution in [0.15, 0.2) is 66.9 Å². The van der Waals surface area contributed by atoms with Crippen LogP contribution < -0.4 is 5.32 Å². The molecular formula is C35H40N4O3S. The summed E-state index contributed by atoms with van der Waals surface area (Å²) in [5.74, 6) is 0.578. The third-order valence-electron chi connectivity index (χ3n) is 8.49. The van der Waals surface area contributed by atoms with Crippen molar-refractivity contribution in [2.24, 2.45) is 5.92 Å². The van der Waals surface area contributed by atoms with Crippen LogP contribution >= 0.6 is 11.3 Å². The average Bonchev–Trinajstić information content (AvgIpc) is 3.53. The van der Waals surface area contributed by atoms with Gasteiger partial charge in [0.15, 0.2) is 5.82 Å². The minimum Gasteiger partial charge on any atom is -0.480 e. The van der Waals surface area contributed by atoms with Gasteiger partial charge >= 0.3 is 5.97 Å². The van der Waals surface area contributed by atoms with Crippen molar-refractivity contribution in [1.82, 2.24) is 20.5 Å². The minimum atomic E-state index is -1.08. The lowest BCUT2D eigenvalue weighted by Gasteiger charge is -2.28. The Hall–Kier alpha value is -3.91. The van der Waals surface area contributed by atoms with E-state index in [1.165, 1.54) is 49.0 Å². The van der Waals surface area contributed by atoms with E-state index < -0.39 is 12.0 Å². The maximum absolute atomic E-state index is 12.8. The lowest BCUT2D eigenvalue weighted by molar-refractivity contribution is -0.139. The first-order valence-corrected chi connectivity index (χ1v) is 16.0. The van der Waals surface area contributed by atoms with Crippen LogP contribution in [0.1, 0.15) is 91.4 Å². The summed E-state index contributed by atoms with van der Waals surface area (Å²) in [4.78, 5) is 30.9. The number of carbonyl (C=O) groups excluding carboxylic acids is 1. The lowest BCUT2D eigenvalue weighted by atomic mass is 9.78. The Morgan fingerprint density at radius 2 is 1.60 bits per heavy atom. The Kier molecular flexibility index (Phi) is 9.35. The van der Waals surface area contributed by atoms with Gasteiger partial charge in [-0.1, -0.05) is 82.6 Å². The maximum atomic E-state index is 12.8. The molecule has 0 bridgehead atoms. The van der Waals surface area contributed by atoms with E-state index in [-0.39, 0.29) is 17.7 Å². The van der Waals surface area contributed by atoms with Crippen molar-refractivity contribution in [3.05, 3.63) is 87.7 Å². The van der Waals surface area contributed by atoms with Crippen molar-refractivity contribution in [1.29, 1.82) is 0 Å². The van der Waals surface area contributed by atoms with Crippen LogP contribution in [0.5, 0.6) is 0 Å². The second-order valence-corrected chi connectivity index (χ2v) is 13.7. The number of hydrogen-bond acceptors (Lipinski definition) is 6. The van der Waals surface area contributed by atoms with E-state index in [0.717, 1.165) is 33.2 Å². The number of carboxylic acid groups (broad SMARTS) is 1.